The summed E-state index contributed by atoms with van der Waals surface area (Å²) in [5, 5.41) is 12.6. The van der Waals surface area contributed by atoms with E-state index >= 15 is 0 Å². The first-order valence-electron chi connectivity index (χ1n) is 17.6. The fraction of sp³-hybridized carbons (Fsp3) is 0.279. The van der Waals surface area contributed by atoms with E-state index < -0.39 is 6.29 Å². The van der Waals surface area contributed by atoms with Gasteiger partial charge in [-0.05, 0) is 51.6 Å². The highest BCUT2D eigenvalue weighted by atomic mass is 16.7. The van der Waals surface area contributed by atoms with E-state index in [1.807, 2.05) is 54.6 Å². The molecule has 2 N–H and O–H groups in total. The van der Waals surface area contributed by atoms with E-state index in [-0.39, 0.29) is 24.7 Å². The molecule has 0 spiro atoms. The van der Waals surface area contributed by atoms with Crippen molar-refractivity contribution in [1.82, 2.24) is 15.1 Å². The van der Waals surface area contributed by atoms with Crippen molar-refractivity contribution in [2.75, 3.05) is 32.7 Å². The molecule has 50 heavy (non-hydrogen) atoms. The summed E-state index contributed by atoms with van der Waals surface area (Å²) in [6.07, 6.45) is 0.169. The molecule has 3 atom stereocenters. The molecule has 5 aromatic rings. The lowest BCUT2D eigenvalue weighted by Gasteiger charge is -2.40. The van der Waals surface area contributed by atoms with E-state index in [0.717, 1.165) is 79.1 Å². The molecule has 2 aliphatic heterocycles. The van der Waals surface area contributed by atoms with Gasteiger partial charge < -0.3 is 19.9 Å². The third-order valence-corrected chi connectivity index (χ3v) is 9.72. The number of nitrogens with zero attached hydrogens (tertiary/aromatic N) is 2. The molecule has 7 rings (SSSR count). The van der Waals surface area contributed by atoms with Gasteiger partial charge in [-0.3, -0.25) is 14.6 Å². The minimum atomic E-state index is -0.496. The number of carbonyl (C=O) groups excluding carboxylic acids is 1. The van der Waals surface area contributed by atoms with Crippen molar-refractivity contribution < 1.29 is 19.4 Å². The lowest BCUT2D eigenvalue weighted by molar-refractivity contribution is -0.253. The van der Waals surface area contributed by atoms with Crippen LogP contribution in [-0.2, 0) is 29.2 Å². The molecule has 7 nitrogen and oxygen atoms in total. The van der Waals surface area contributed by atoms with E-state index in [4.69, 9.17) is 9.47 Å². The van der Waals surface area contributed by atoms with Gasteiger partial charge in [0.15, 0.2) is 6.29 Å². The minimum absolute atomic E-state index is 0.0133. The lowest BCUT2D eigenvalue weighted by atomic mass is 9.98. The number of benzene rings is 5. The van der Waals surface area contributed by atoms with Crippen LogP contribution in [0.3, 0.4) is 0 Å². The van der Waals surface area contributed by atoms with Gasteiger partial charge in [0.2, 0.25) is 0 Å². The predicted octanol–water partition coefficient (Wildman–Crippen LogP) is 7.14. The largest absolute Gasteiger partial charge is 0.392 e. The Morgan fingerprint density at radius 2 is 1.32 bits per heavy atom. The highest BCUT2D eigenvalue weighted by molar-refractivity contribution is 5.94. The standard InChI is InChI=1S/C43H45N3O4/c47-31-33-14-16-36(17-15-33)41-27-40(30-46-24-22-45(23-25-46)29-32-8-3-1-4-9-32)49-43(50-41)38-20-18-35(19-21-38)39-13-7-10-34(26-39)28-44-42(48)37-11-5-2-6-12-37/h1-21,26,40-41,43,47H,22-25,27-31H2,(H,44,48). The number of amides is 1. The van der Waals surface area contributed by atoms with Crippen LogP contribution in [0.2, 0.25) is 0 Å². The second kappa shape index (κ2) is 16.4. The summed E-state index contributed by atoms with van der Waals surface area (Å²) < 4.78 is 13.3. The number of nitrogens with one attached hydrogen (secondary N) is 1. The van der Waals surface area contributed by atoms with Crippen LogP contribution in [0, 0.1) is 0 Å². The monoisotopic (exact) mass is 667 g/mol. The van der Waals surface area contributed by atoms with Crippen LogP contribution in [0.4, 0.5) is 0 Å². The van der Waals surface area contributed by atoms with Gasteiger partial charge in [-0.1, -0.05) is 115 Å². The minimum Gasteiger partial charge on any atom is -0.392 e. The molecule has 256 valence electrons. The smallest absolute Gasteiger partial charge is 0.251 e. The number of carbonyl (C=O) groups is 1. The van der Waals surface area contributed by atoms with Crippen molar-refractivity contribution in [3.05, 3.63) is 167 Å². The van der Waals surface area contributed by atoms with Crippen molar-refractivity contribution in [1.29, 1.82) is 0 Å². The molecule has 0 bridgehead atoms. The third-order valence-electron chi connectivity index (χ3n) is 9.72. The molecule has 5 aromatic carbocycles. The third kappa shape index (κ3) is 8.74. The van der Waals surface area contributed by atoms with Gasteiger partial charge in [-0.15, -0.1) is 0 Å². The SMILES string of the molecule is O=C(NCc1cccc(-c2ccc(C3OC(CN4CCN(Cc5ccccc5)CC4)CC(c4ccc(CO)cc4)O3)cc2)c1)c1ccccc1. The van der Waals surface area contributed by atoms with Gasteiger partial charge in [-0.25, -0.2) is 0 Å². The zero-order valence-electron chi connectivity index (χ0n) is 28.4. The Hall–Kier alpha value is -4.63. The average molecular weight is 668 g/mol. The van der Waals surface area contributed by atoms with Gasteiger partial charge in [0.05, 0.1) is 18.8 Å². The summed E-state index contributed by atoms with van der Waals surface area (Å²) in [4.78, 5) is 17.6. The molecule has 3 unspecified atom stereocenters. The first-order chi connectivity index (χ1) is 24.6. The Morgan fingerprint density at radius 1 is 0.660 bits per heavy atom. The number of hydrogen-bond donors (Lipinski definition) is 2. The average Bonchev–Trinajstić information content (AvgIpc) is 3.18. The number of ether oxygens (including phenoxy) is 2. The summed E-state index contributed by atoms with van der Waals surface area (Å²) in [5.41, 5.74) is 8.18. The summed E-state index contributed by atoms with van der Waals surface area (Å²) in [7, 11) is 0. The fourth-order valence-corrected chi connectivity index (χ4v) is 6.86. The molecule has 0 saturated carbocycles. The quantitative estimate of drug-likeness (QED) is 0.156. The molecular weight excluding hydrogens is 622 g/mol. The van der Waals surface area contributed by atoms with Crippen LogP contribution in [0.5, 0.6) is 0 Å². The van der Waals surface area contributed by atoms with Crippen molar-refractivity contribution in [3.8, 4) is 11.1 Å². The maximum absolute atomic E-state index is 12.6. The molecule has 0 aromatic heterocycles. The molecule has 2 aliphatic rings. The normalized spacial score (nSPS) is 20.0. The van der Waals surface area contributed by atoms with E-state index in [1.165, 1.54) is 5.56 Å². The van der Waals surface area contributed by atoms with Crippen LogP contribution in [-0.4, -0.2) is 59.6 Å². The second-order valence-corrected chi connectivity index (χ2v) is 13.3. The van der Waals surface area contributed by atoms with Gasteiger partial charge >= 0.3 is 0 Å². The molecule has 2 heterocycles. The van der Waals surface area contributed by atoms with Crippen LogP contribution >= 0.6 is 0 Å². The van der Waals surface area contributed by atoms with Gasteiger partial charge in [0.1, 0.15) is 0 Å². The molecule has 0 aliphatic carbocycles. The van der Waals surface area contributed by atoms with Gasteiger partial charge in [-0.2, -0.15) is 0 Å². The van der Waals surface area contributed by atoms with Gasteiger partial charge in [0.25, 0.3) is 5.91 Å². The second-order valence-electron chi connectivity index (χ2n) is 13.3. The molecule has 1 amide bonds. The highest BCUT2D eigenvalue weighted by Gasteiger charge is 2.33. The van der Waals surface area contributed by atoms with Crippen LogP contribution in [0.25, 0.3) is 11.1 Å². The number of aliphatic hydroxyl groups excluding tert-OH is 1. The maximum atomic E-state index is 12.6. The number of piperazine rings is 1. The maximum Gasteiger partial charge on any atom is 0.251 e. The fourth-order valence-electron chi connectivity index (χ4n) is 6.86. The van der Waals surface area contributed by atoms with E-state index in [9.17, 15) is 9.90 Å². The summed E-state index contributed by atoms with van der Waals surface area (Å²) in [5.74, 6) is -0.0842. The summed E-state index contributed by atoms with van der Waals surface area (Å²) in [6, 6.07) is 44.7. The van der Waals surface area contributed by atoms with E-state index in [1.54, 1.807) is 0 Å². The first-order valence-corrected chi connectivity index (χ1v) is 17.6. The molecule has 7 heteroatoms. The lowest BCUT2D eigenvalue weighted by Crippen LogP contribution is -2.49. The number of aliphatic hydroxyl groups is 1. The summed E-state index contributed by atoms with van der Waals surface area (Å²) in [6.45, 7) is 6.42. The summed E-state index contributed by atoms with van der Waals surface area (Å²) >= 11 is 0. The van der Waals surface area contributed by atoms with Crippen molar-refractivity contribution >= 4 is 5.91 Å². The Balaban J connectivity index is 1.01. The van der Waals surface area contributed by atoms with Crippen LogP contribution < -0.4 is 5.32 Å². The van der Waals surface area contributed by atoms with E-state index in [2.05, 4.69) is 94.0 Å². The Bertz CT molecular complexity index is 1810. The Kier molecular flexibility index (Phi) is 11.1. The number of rotatable bonds is 11. The molecule has 0 radical (unpaired) electrons. The van der Waals surface area contributed by atoms with Crippen molar-refractivity contribution in [2.45, 2.75) is 44.6 Å². The molecular formula is C43H45N3O4. The Morgan fingerprint density at radius 3 is 2.04 bits per heavy atom. The highest BCUT2D eigenvalue weighted by Crippen LogP contribution is 2.39. The van der Waals surface area contributed by atoms with Crippen LogP contribution in [0.1, 0.15) is 57.0 Å². The van der Waals surface area contributed by atoms with Crippen molar-refractivity contribution in [3.63, 3.8) is 0 Å². The molecule has 2 saturated heterocycles. The zero-order chi connectivity index (χ0) is 34.1. The van der Waals surface area contributed by atoms with E-state index in [0.29, 0.717) is 12.1 Å². The van der Waals surface area contributed by atoms with Crippen LogP contribution in [0.15, 0.2) is 133 Å². The molecule has 2 fully saturated rings. The van der Waals surface area contributed by atoms with Crippen molar-refractivity contribution in [2.24, 2.45) is 0 Å². The zero-order valence-corrected chi connectivity index (χ0v) is 28.4. The number of hydrogen-bond acceptors (Lipinski definition) is 6. The van der Waals surface area contributed by atoms with Gasteiger partial charge in [0, 0.05) is 63.4 Å². The Labute approximate surface area is 295 Å². The topological polar surface area (TPSA) is 74.3 Å². The first kappa shape index (κ1) is 33.8. The predicted molar refractivity (Wildman–Crippen MR) is 196 cm³/mol.